The number of carbonyl (C=O) groups excluding carboxylic acids is 1. The molecular weight excluding hydrogens is 532 g/mol. The van der Waals surface area contributed by atoms with Crippen molar-refractivity contribution in [2.45, 2.75) is 57.3 Å². The summed E-state index contributed by atoms with van der Waals surface area (Å²) < 4.78 is 54.0. The van der Waals surface area contributed by atoms with E-state index in [1.807, 2.05) is 23.5 Å². The van der Waals surface area contributed by atoms with E-state index in [1.165, 1.54) is 6.07 Å². The van der Waals surface area contributed by atoms with Gasteiger partial charge in [-0.25, -0.2) is 9.18 Å². The number of nitrogens with zero attached hydrogens (tertiary/aromatic N) is 2. The van der Waals surface area contributed by atoms with E-state index in [-0.39, 0.29) is 28.5 Å². The van der Waals surface area contributed by atoms with Crippen LogP contribution in [0.4, 0.5) is 22.4 Å². The molecule has 3 aromatic rings. The van der Waals surface area contributed by atoms with Crippen LogP contribution in [-0.4, -0.2) is 39.5 Å². The second-order valence-electron chi connectivity index (χ2n) is 9.00. The molecule has 1 saturated carbocycles. The fourth-order valence-corrected chi connectivity index (χ4v) is 4.41. The number of benzene rings is 2. The van der Waals surface area contributed by atoms with E-state index in [0.29, 0.717) is 24.3 Å². The number of aryl methyl sites for hydroxylation is 2. The molecule has 2 aliphatic carbocycles. The lowest BCUT2D eigenvalue weighted by Crippen LogP contribution is -2.37. The van der Waals surface area contributed by atoms with Crippen molar-refractivity contribution in [3.8, 4) is 22.5 Å². The molecule has 2 aliphatic rings. The molecule has 1 unspecified atom stereocenters. The molecule has 202 valence electrons. The number of aromatic nitrogens is 2. The number of hydrogen-bond acceptors (Lipinski definition) is 5. The molecule has 0 radical (unpaired) electrons. The minimum Gasteiger partial charge on any atom is -0.465 e. The van der Waals surface area contributed by atoms with Crippen molar-refractivity contribution < 1.29 is 36.8 Å². The average molecular weight is 555 g/mol. The van der Waals surface area contributed by atoms with E-state index in [0.717, 1.165) is 36.0 Å². The second kappa shape index (κ2) is 11.0. The van der Waals surface area contributed by atoms with Crippen molar-refractivity contribution in [2.24, 2.45) is 0 Å². The van der Waals surface area contributed by atoms with Crippen molar-refractivity contribution in [3.05, 3.63) is 58.2 Å². The van der Waals surface area contributed by atoms with Gasteiger partial charge >= 0.3 is 18.2 Å². The van der Waals surface area contributed by atoms with Gasteiger partial charge in [-0.2, -0.15) is 18.2 Å². The SMILES string of the molecule is Cc1nc(-c2c(F)cc(Cl)cc2-c2ccc3c(c2)CCCC3NC(=O)O)no1.O=C(NC1CC1)C(F)(F)F. The fourth-order valence-electron chi connectivity index (χ4n) is 4.21. The summed E-state index contributed by atoms with van der Waals surface area (Å²) in [5.74, 6) is -1.87. The largest absolute Gasteiger partial charge is 0.471 e. The maximum Gasteiger partial charge on any atom is 0.471 e. The van der Waals surface area contributed by atoms with E-state index < -0.39 is 24.0 Å². The lowest BCUT2D eigenvalue weighted by atomic mass is 9.85. The highest BCUT2D eigenvalue weighted by Gasteiger charge is 2.41. The summed E-state index contributed by atoms with van der Waals surface area (Å²) in [6.07, 6.45) is -2.00. The second-order valence-corrected chi connectivity index (χ2v) is 9.44. The highest BCUT2D eigenvalue weighted by Crippen LogP contribution is 2.38. The van der Waals surface area contributed by atoms with Gasteiger partial charge in [-0.1, -0.05) is 35.0 Å². The molecule has 0 saturated heterocycles. The first-order valence-corrected chi connectivity index (χ1v) is 12.1. The summed E-state index contributed by atoms with van der Waals surface area (Å²) in [4.78, 5) is 25.3. The van der Waals surface area contributed by atoms with E-state index >= 15 is 0 Å². The fraction of sp³-hybridized carbons (Fsp3) is 0.360. The van der Waals surface area contributed by atoms with Gasteiger partial charge in [-0.05, 0) is 66.5 Å². The molecule has 38 heavy (non-hydrogen) atoms. The van der Waals surface area contributed by atoms with Gasteiger partial charge < -0.3 is 20.3 Å². The van der Waals surface area contributed by atoms with Gasteiger partial charge in [-0.3, -0.25) is 4.79 Å². The minimum absolute atomic E-state index is 0.157. The molecular formula is C25H23ClF4N4O4. The summed E-state index contributed by atoms with van der Waals surface area (Å²) in [5, 5.41) is 17.6. The number of amides is 2. The Hall–Kier alpha value is -3.67. The number of nitrogens with one attached hydrogen (secondary N) is 2. The predicted molar refractivity (Wildman–Crippen MR) is 129 cm³/mol. The van der Waals surface area contributed by atoms with Crippen molar-refractivity contribution in [1.82, 2.24) is 20.8 Å². The Morgan fingerprint density at radius 2 is 1.87 bits per heavy atom. The highest BCUT2D eigenvalue weighted by atomic mass is 35.5. The van der Waals surface area contributed by atoms with Crippen LogP contribution in [0.3, 0.4) is 0 Å². The van der Waals surface area contributed by atoms with E-state index in [9.17, 15) is 27.2 Å². The van der Waals surface area contributed by atoms with Crippen LogP contribution in [0.25, 0.3) is 22.5 Å². The minimum atomic E-state index is -4.72. The molecule has 2 aromatic carbocycles. The maximum atomic E-state index is 14.8. The highest BCUT2D eigenvalue weighted by molar-refractivity contribution is 6.31. The van der Waals surface area contributed by atoms with Crippen molar-refractivity contribution in [1.29, 1.82) is 0 Å². The molecule has 0 bridgehead atoms. The van der Waals surface area contributed by atoms with Crippen molar-refractivity contribution >= 4 is 23.6 Å². The van der Waals surface area contributed by atoms with Crippen molar-refractivity contribution in [2.75, 3.05) is 0 Å². The van der Waals surface area contributed by atoms with Gasteiger partial charge in [0.15, 0.2) is 0 Å². The summed E-state index contributed by atoms with van der Waals surface area (Å²) in [7, 11) is 0. The van der Waals surface area contributed by atoms with Crippen LogP contribution in [0.1, 0.15) is 48.7 Å². The third-order valence-electron chi connectivity index (χ3n) is 6.04. The average Bonchev–Trinajstić information content (AvgIpc) is 3.55. The van der Waals surface area contributed by atoms with Gasteiger partial charge in [0.1, 0.15) is 5.82 Å². The Kier molecular flexibility index (Phi) is 7.91. The molecule has 13 heteroatoms. The van der Waals surface area contributed by atoms with Crippen LogP contribution in [-0.2, 0) is 11.2 Å². The number of halogens is 5. The first-order chi connectivity index (χ1) is 17.9. The van der Waals surface area contributed by atoms with Crippen molar-refractivity contribution in [3.63, 3.8) is 0 Å². The smallest absolute Gasteiger partial charge is 0.465 e. The number of alkyl halides is 3. The quantitative estimate of drug-likeness (QED) is 0.342. The van der Waals surface area contributed by atoms with Gasteiger partial charge in [0.25, 0.3) is 0 Å². The van der Waals surface area contributed by atoms with Gasteiger partial charge in [-0.15, -0.1) is 0 Å². The Labute approximate surface area is 219 Å². The molecule has 0 spiro atoms. The Morgan fingerprint density at radius 1 is 1.13 bits per heavy atom. The Bertz CT molecular complexity index is 1360. The van der Waals surface area contributed by atoms with E-state index in [2.05, 4.69) is 15.5 Å². The molecule has 0 aliphatic heterocycles. The third kappa shape index (κ3) is 6.60. The number of hydrogen-bond donors (Lipinski definition) is 3. The van der Waals surface area contributed by atoms with Crippen LogP contribution in [0, 0.1) is 12.7 Å². The normalized spacial score (nSPS) is 16.6. The standard InChI is InChI=1S/C20H17ClFN3O3.C5H6F3NO/c1-10-23-19(25-28-10)18-15(8-13(21)9-16(18)22)12-5-6-14-11(7-12)3-2-4-17(14)24-20(26)27;6-5(7,8)4(10)9-3-1-2-3/h5-9,17,24H,2-4H2,1H3,(H,26,27);3H,1-2H2,(H,9,10). The third-order valence-corrected chi connectivity index (χ3v) is 6.26. The van der Waals surface area contributed by atoms with Crippen LogP contribution < -0.4 is 10.6 Å². The van der Waals surface area contributed by atoms with Crippen LogP contribution in [0.5, 0.6) is 0 Å². The monoisotopic (exact) mass is 554 g/mol. The number of carboxylic acid groups (broad SMARTS) is 1. The Morgan fingerprint density at radius 3 is 2.47 bits per heavy atom. The number of carbonyl (C=O) groups is 2. The molecule has 8 nitrogen and oxygen atoms in total. The summed E-state index contributed by atoms with van der Waals surface area (Å²) in [6.45, 7) is 1.64. The topological polar surface area (TPSA) is 117 Å². The zero-order chi connectivity index (χ0) is 27.6. The lowest BCUT2D eigenvalue weighted by molar-refractivity contribution is -0.173. The molecule has 3 N–H and O–H groups in total. The molecule has 5 rings (SSSR count). The zero-order valence-corrected chi connectivity index (χ0v) is 20.8. The molecule has 1 fully saturated rings. The Balaban J connectivity index is 0.000000283. The number of rotatable bonds is 4. The number of fused-ring (bicyclic) bond motifs is 1. The summed E-state index contributed by atoms with van der Waals surface area (Å²) in [5.41, 5.74) is 3.50. The molecule has 1 atom stereocenters. The predicted octanol–water partition coefficient (Wildman–Crippen LogP) is 5.98. The van der Waals surface area contributed by atoms with Crippen LogP contribution in [0.15, 0.2) is 34.9 Å². The van der Waals surface area contributed by atoms with E-state index in [1.54, 1.807) is 13.0 Å². The van der Waals surface area contributed by atoms with Gasteiger partial charge in [0, 0.05) is 18.0 Å². The van der Waals surface area contributed by atoms with E-state index in [4.69, 9.17) is 21.2 Å². The molecule has 2 amide bonds. The van der Waals surface area contributed by atoms with Gasteiger partial charge in [0.2, 0.25) is 11.7 Å². The lowest BCUT2D eigenvalue weighted by Gasteiger charge is -2.26. The summed E-state index contributed by atoms with van der Waals surface area (Å²) >= 11 is 6.11. The van der Waals surface area contributed by atoms with Gasteiger partial charge in [0.05, 0.1) is 11.6 Å². The van der Waals surface area contributed by atoms with Crippen LogP contribution in [0.2, 0.25) is 5.02 Å². The zero-order valence-electron chi connectivity index (χ0n) is 20.0. The molecule has 1 aromatic heterocycles. The molecule has 1 heterocycles. The maximum absolute atomic E-state index is 14.8. The van der Waals surface area contributed by atoms with Crippen LogP contribution >= 0.6 is 11.6 Å². The first-order valence-electron chi connectivity index (χ1n) is 11.7. The summed E-state index contributed by atoms with van der Waals surface area (Å²) in [6, 6.07) is 8.09. The first kappa shape index (κ1) is 27.4.